The van der Waals surface area contributed by atoms with E-state index in [-0.39, 0.29) is 40.0 Å². The molecule has 2 amide bonds. The fourth-order valence-corrected chi connectivity index (χ4v) is 8.95. The fraction of sp³-hybridized carbons (Fsp3) is 0.618. The van der Waals surface area contributed by atoms with Crippen molar-refractivity contribution in [2.45, 2.75) is 158 Å². The minimum atomic E-state index is -0.982. The highest BCUT2D eigenvalue weighted by Crippen LogP contribution is 2.35. The molecular weight excluding hydrogens is 839 g/mol. The second-order valence-corrected chi connectivity index (χ2v) is 18.8. The van der Waals surface area contributed by atoms with Crippen molar-refractivity contribution in [2.75, 3.05) is 45.2 Å². The Bertz CT molecular complexity index is 2040. The average Bonchev–Trinajstić information content (AvgIpc) is 3.34. The first-order valence-corrected chi connectivity index (χ1v) is 25.6. The summed E-state index contributed by atoms with van der Waals surface area (Å²) in [7, 11) is 3.19. The lowest BCUT2D eigenvalue weighted by Crippen LogP contribution is -2.40. The van der Waals surface area contributed by atoms with Gasteiger partial charge in [-0.15, -0.1) is 5.11 Å². The van der Waals surface area contributed by atoms with Gasteiger partial charge in [-0.05, 0) is 79.7 Å². The molecule has 12 heteroatoms. The van der Waals surface area contributed by atoms with Crippen molar-refractivity contribution >= 4 is 34.8 Å². The molecule has 0 aliphatic rings. The first-order chi connectivity index (χ1) is 32.3. The third kappa shape index (κ3) is 16.2. The quantitative estimate of drug-likeness (QED) is 0.0653. The van der Waals surface area contributed by atoms with E-state index in [0.717, 1.165) is 103 Å². The summed E-state index contributed by atoms with van der Waals surface area (Å²) in [5.74, 6) is -0.793. The summed E-state index contributed by atoms with van der Waals surface area (Å²) in [6, 6.07) is 14.9. The molecular formula is C55H83N7O5. The molecule has 0 spiro atoms. The van der Waals surface area contributed by atoms with Crippen LogP contribution >= 0.6 is 0 Å². The van der Waals surface area contributed by atoms with Crippen molar-refractivity contribution in [3.8, 4) is 11.9 Å². The van der Waals surface area contributed by atoms with E-state index in [1.807, 2.05) is 15.9 Å². The van der Waals surface area contributed by atoms with Crippen LogP contribution in [0.15, 0.2) is 63.6 Å². The van der Waals surface area contributed by atoms with Gasteiger partial charge in [0.05, 0.1) is 11.4 Å². The van der Waals surface area contributed by atoms with Crippen LogP contribution in [0, 0.1) is 35.0 Å². The molecule has 0 fully saturated rings. The number of amides is 2. The van der Waals surface area contributed by atoms with Gasteiger partial charge in [0.15, 0.2) is 5.69 Å². The summed E-state index contributed by atoms with van der Waals surface area (Å²) in [6.07, 6.45) is 16.4. The molecule has 1 aromatic heterocycles. The lowest BCUT2D eigenvalue weighted by Gasteiger charge is -2.32. The topological polar surface area (TPSA) is 152 Å². The zero-order valence-corrected chi connectivity index (χ0v) is 42.8. The average molecular weight is 922 g/mol. The first kappa shape index (κ1) is 56.0. The molecule has 0 saturated carbocycles. The molecule has 0 bridgehead atoms. The van der Waals surface area contributed by atoms with Crippen LogP contribution in [-0.2, 0) is 0 Å². The molecule has 368 valence electrons. The van der Waals surface area contributed by atoms with Crippen molar-refractivity contribution in [3.63, 3.8) is 0 Å². The van der Waals surface area contributed by atoms with E-state index in [1.165, 1.54) is 17.0 Å². The van der Waals surface area contributed by atoms with Crippen LogP contribution in [0.4, 0.5) is 17.1 Å². The highest BCUT2D eigenvalue weighted by Gasteiger charge is 2.29. The number of unbranched alkanes of at least 4 members (excludes halogenated alkanes) is 4. The molecule has 3 aromatic rings. The maximum atomic E-state index is 15.2. The van der Waals surface area contributed by atoms with E-state index in [1.54, 1.807) is 50.5 Å². The molecule has 67 heavy (non-hydrogen) atoms. The van der Waals surface area contributed by atoms with Crippen molar-refractivity contribution in [2.24, 2.45) is 33.9 Å². The number of azo groups is 1. The van der Waals surface area contributed by atoms with E-state index in [0.29, 0.717) is 65.5 Å². The van der Waals surface area contributed by atoms with Crippen LogP contribution in [0.25, 0.3) is 0 Å². The number of pyridine rings is 1. The van der Waals surface area contributed by atoms with Gasteiger partial charge in [0.25, 0.3) is 23.3 Å². The molecule has 2 aromatic carbocycles. The van der Waals surface area contributed by atoms with Gasteiger partial charge >= 0.3 is 0 Å². The summed E-state index contributed by atoms with van der Waals surface area (Å²) in [5.41, 5.74) is -0.812. The van der Waals surface area contributed by atoms with E-state index < -0.39 is 17.3 Å². The van der Waals surface area contributed by atoms with E-state index in [9.17, 15) is 20.0 Å². The molecule has 0 saturated heterocycles. The second-order valence-electron chi connectivity index (χ2n) is 18.8. The van der Waals surface area contributed by atoms with E-state index in [4.69, 9.17) is 0 Å². The lowest BCUT2D eigenvalue weighted by molar-refractivity contribution is 0.0682. The Morgan fingerprint density at radius 1 is 0.627 bits per heavy atom. The number of anilines is 1. The van der Waals surface area contributed by atoms with Crippen LogP contribution in [0.3, 0.4) is 0 Å². The molecule has 1 heterocycles. The molecule has 12 nitrogen and oxygen atoms in total. The Kier molecular flexibility index (Phi) is 24.6. The maximum absolute atomic E-state index is 15.2. The number of nitrogens with zero attached hydrogens (tertiary/aromatic N) is 7. The molecule has 0 aliphatic carbocycles. The molecule has 0 radical (unpaired) electrons. The zero-order chi connectivity index (χ0) is 49.5. The minimum absolute atomic E-state index is 0.0301. The predicted molar refractivity (Wildman–Crippen MR) is 273 cm³/mol. The minimum Gasteiger partial charge on any atom is -0.493 e. The summed E-state index contributed by atoms with van der Waals surface area (Å²) >= 11 is 0. The standard InChI is InChI=1S/C55H83N7O5/c1-11-19-26-40(15-5)36-60(37-41(16-6)27-20-12-2)51(63)45-32-46(52(64)61(38-42(17-7)28-21-13-3)39-43(18-8)29-22-14-4)34-47(33-45)57-58-49-50(59(9)10)48(35-56)54(66)62(55(49)67)53(65)44-30-24-23-25-31-44/h23-25,30-34,40-43,66H,11-22,26-29,36-39H2,1-10H3. The number of nitriles is 1. The third-order valence-electron chi connectivity index (χ3n) is 13.4. The first-order valence-electron chi connectivity index (χ1n) is 25.6. The monoisotopic (exact) mass is 922 g/mol. The van der Waals surface area contributed by atoms with Gasteiger partial charge in [0.2, 0.25) is 5.88 Å². The van der Waals surface area contributed by atoms with Crippen LogP contribution in [0.2, 0.25) is 0 Å². The fourth-order valence-electron chi connectivity index (χ4n) is 8.95. The SMILES string of the molecule is CCCCC(CC)CN(CC(CC)CCCC)C(=O)c1cc(N=Nc2c(N(C)C)c(C#N)c(O)n(C(=O)c3ccccc3)c2=O)cc(C(=O)N(CC(CC)CCCC)CC(CC)CCCC)c1. The van der Waals surface area contributed by atoms with Gasteiger partial charge in [-0.25, -0.2) is 4.57 Å². The van der Waals surface area contributed by atoms with Gasteiger partial charge in [0, 0.05) is 57.0 Å². The number of aromatic hydroxyl groups is 1. The van der Waals surface area contributed by atoms with Gasteiger partial charge < -0.3 is 19.8 Å². The summed E-state index contributed by atoms with van der Waals surface area (Å²) in [4.78, 5) is 63.9. The Morgan fingerprint density at radius 3 is 1.37 bits per heavy atom. The highest BCUT2D eigenvalue weighted by atomic mass is 16.3. The van der Waals surface area contributed by atoms with Crippen LogP contribution in [-0.4, -0.2) is 77.5 Å². The molecule has 0 aliphatic heterocycles. The predicted octanol–water partition coefficient (Wildman–Crippen LogP) is 13.3. The molecule has 3 rings (SSSR count). The number of rotatable bonds is 30. The summed E-state index contributed by atoms with van der Waals surface area (Å²) in [6.45, 7) is 19.8. The Labute approximate surface area is 402 Å². The Hall–Kier alpha value is -5.31. The third-order valence-corrected chi connectivity index (χ3v) is 13.4. The normalized spacial score (nSPS) is 13.2. The van der Waals surface area contributed by atoms with Gasteiger partial charge in [0.1, 0.15) is 11.6 Å². The number of aromatic nitrogens is 1. The van der Waals surface area contributed by atoms with Crippen LogP contribution < -0.4 is 10.5 Å². The number of hydrogen-bond donors (Lipinski definition) is 1. The summed E-state index contributed by atoms with van der Waals surface area (Å²) < 4.78 is 0.538. The van der Waals surface area contributed by atoms with Crippen LogP contribution in [0.1, 0.15) is 195 Å². The molecule has 1 N–H and O–H groups in total. The van der Waals surface area contributed by atoms with E-state index >= 15 is 9.59 Å². The molecule has 4 unspecified atom stereocenters. The largest absolute Gasteiger partial charge is 0.493 e. The number of carbonyl (C=O) groups is 3. The van der Waals surface area contributed by atoms with Crippen molar-refractivity contribution < 1.29 is 19.5 Å². The smallest absolute Gasteiger partial charge is 0.290 e. The number of hydrogen-bond acceptors (Lipinski definition) is 9. The highest BCUT2D eigenvalue weighted by molar-refractivity contribution is 6.01. The maximum Gasteiger partial charge on any atom is 0.290 e. The van der Waals surface area contributed by atoms with Gasteiger partial charge in [-0.3, -0.25) is 19.2 Å². The van der Waals surface area contributed by atoms with Crippen molar-refractivity contribution in [3.05, 3.63) is 81.1 Å². The lowest BCUT2D eigenvalue weighted by atomic mass is 9.94. The molecule has 4 atom stereocenters. The number of carbonyl (C=O) groups excluding carboxylic acids is 3. The second kappa shape index (κ2) is 29.4. The van der Waals surface area contributed by atoms with Crippen molar-refractivity contribution in [1.29, 1.82) is 5.26 Å². The van der Waals surface area contributed by atoms with Gasteiger partial charge in [-0.2, -0.15) is 10.4 Å². The summed E-state index contributed by atoms with van der Waals surface area (Å²) in [5, 5.41) is 30.6. The van der Waals surface area contributed by atoms with Crippen LogP contribution in [0.5, 0.6) is 5.88 Å². The zero-order valence-electron chi connectivity index (χ0n) is 42.8. The van der Waals surface area contributed by atoms with Crippen molar-refractivity contribution in [1.82, 2.24) is 14.4 Å². The van der Waals surface area contributed by atoms with Gasteiger partial charge in [-0.1, -0.05) is 151 Å². The Balaban J connectivity index is 2.39. The Morgan fingerprint density at radius 2 is 1.03 bits per heavy atom. The van der Waals surface area contributed by atoms with E-state index in [2.05, 4.69) is 65.6 Å². The number of benzene rings is 2.